The van der Waals surface area contributed by atoms with Crippen LogP contribution in [0.15, 0.2) is 0 Å². The minimum Gasteiger partial charge on any atom is -0.320 e. The highest BCUT2D eigenvalue weighted by molar-refractivity contribution is 5.66. The lowest BCUT2D eigenvalue weighted by Gasteiger charge is -2.56. The monoisotopic (exact) mass is 182 g/mol. The maximum atomic E-state index is 10.5. The van der Waals surface area contributed by atoms with Gasteiger partial charge < -0.3 is 10.0 Å². The molecule has 4 nitrogen and oxygen atoms in total. The number of carbonyl (C=O) groups is 1. The van der Waals surface area contributed by atoms with Gasteiger partial charge in [0, 0.05) is 0 Å². The molecular weight excluding hydrogens is 168 g/mol. The zero-order valence-corrected chi connectivity index (χ0v) is 7.49. The van der Waals surface area contributed by atoms with Crippen molar-refractivity contribution in [2.24, 2.45) is 16.7 Å². The van der Waals surface area contributed by atoms with Crippen LogP contribution in [0.25, 0.3) is 0 Å². The molecule has 2 saturated carbocycles. The summed E-state index contributed by atoms with van der Waals surface area (Å²) >= 11 is 0. The summed E-state index contributed by atoms with van der Waals surface area (Å²) in [6.45, 7) is 0. The van der Waals surface area contributed by atoms with E-state index in [0.717, 1.165) is 19.1 Å². The summed E-state index contributed by atoms with van der Waals surface area (Å²) in [7, 11) is 0. The van der Waals surface area contributed by atoms with Crippen molar-refractivity contribution in [3.8, 4) is 6.07 Å². The van der Waals surface area contributed by atoms with Crippen molar-refractivity contribution in [3.63, 3.8) is 0 Å². The molecule has 2 aliphatic carbocycles. The van der Waals surface area contributed by atoms with E-state index in [9.17, 15) is 4.79 Å². The normalized spacial score (nSPS) is 25.6. The summed E-state index contributed by atoms with van der Waals surface area (Å²) in [4.78, 5) is 10.5. The van der Waals surface area contributed by atoms with E-state index in [4.69, 9.17) is 10.5 Å². The Kier molecular flexibility index (Phi) is 2.69. The maximum Gasteiger partial charge on any atom is 0.140 e. The van der Waals surface area contributed by atoms with E-state index >= 15 is 0 Å². The Balaban J connectivity index is 0.000000396. The predicted octanol–water partition coefficient (Wildman–Crippen LogP) is 0.994. The number of aldehydes is 1. The molecule has 0 radical (unpaired) electrons. The molecular formula is C9H14N2O2. The SMILES string of the molecule is N#CC1(C=O)CC2(CCC2)C1.NO. The molecule has 1 spiro atoms. The van der Waals surface area contributed by atoms with Gasteiger partial charge >= 0.3 is 0 Å². The molecule has 0 aliphatic heterocycles. The second-order valence-corrected chi connectivity index (χ2v) is 4.09. The Morgan fingerprint density at radius 3 is 2.15 bits per heavy atom. The van der Waals surface area contributed by atoms with Gasteiger partial charge in [-0.25, -0.2) is 5.90 Å². The van der Waals surface area contributed by atoms with Crippen molar-refractivity contribution in [2.45, 2.75) is 32.1 Å². The molecule has 0 unspecified atom stereocenters. The molecule has 0 saturated heterocycles. The third-order valence-corrected chi connectivity index (χ3v) is 3.24. The molecule has 4 heteroatoms. The number of carbonyl (C=O) groups excluding carboxylic acids is 1. The summed E-state index contributed by atoms with van der Waals surface area (Å²) in [6, 6.07) is 2.12. The molecule has 0 aromatic carbocycles. The number of nitrogens with two attached hydrogens (primary N) is 1. The Morgan fingerprint density at radius 2 is 1.92 bits per heavy atom. The molecule has 72 valence electrons. The summed E-state index contributed by atoms with van der Waals surface area (Å²) < 4.78 is 0. The fourth-order valence-corrected chi connectivity index (χ4v) is 2.51. The Hall–Kier alpha value is -0.920. The Bertz CT molecular complexity index is 232. The van der Waals surface area contributed by atoms with Crippen molar-refractivity contribution >= 4 is 6.29 Å². The van der Waals surface area contributed by atoms with Crippen molar-refractivity contribution in [1.82, 2.24) is 0 Å². The van der Waals surface area contributed by atoms with Crippen LogP contribution in [0.4, 0.5) is 0 Å². The van der Waals surface area contributed by atoms with E-state index in [1.54, 1.807) is 0 Å². The van der Waals surface area contributed by atoms with Crippen LogP contribution in [-0.2, 0) is 4.79 Å². The molecule has 0 bridgehead atoms. The molecule has 2 aliphatic rings. The first kappa shape index (κ1) is 10.2. The van der Waals surface area contributed by atoms with Gasteiger partial charge in [-0.05, 0) is 31.1 Å². The summed E-state index contributed by atoms with van der Waals surface area (Å²) in [5.41, 5.74) is -0.156. The van der Waals surface area contributed by atoms with E-state index in [-0.39, 0.29) is 0 Å². The number of rotatable bonds is 1. The van der Waals surface area contributed by atoms with E-state index in [2.05, 4.69) is 12.0 Å². The largest absolute Gasteiger partial charge is 0.320 e. The van der Waals surface area contributed by atoms with Gasteiger partial charge in [-0.3, -0.25) is 0 Å². The van der Waals surface area contributed by atoms with Crippen LogP contribution in [0.2, 0.25) is 0 Å². The van der Waals surface area contributed by atoms with Gasteiger partial charge in [0.2, 0.25) is 0 Å². The van der Waals surface area contributed by atoms with Gasteiger partial charge in [0.1, 0.15) is 11.7 Å². The number of hydrogen-bond donors (Lipinski definition) is 2. The van der Waals surface area contributed by atoms with Crippen molar-refractivity contribution in [3.05, 3.63) is 0 Å². The second-order valence-electron chi connectivity index (χ2n) is 4.09. The first-order valence-electron chi connectivity index (χ1n) is 4.38. The van der Waals surface area contributed by atoms with Gasteiger partial charge in [-0.2, -0.15) is 5.26 Å². The van der Waals surface area contributed by atoms with Gasteiger partial charge in [0.05, 0.1) is 6.07 Å². The highest BCUT2D eigenvalue weighted by Crippen LogP contribution is 2.63. The van der Waals surface area contributed by atoms with Crippen LogP contribution in [0.1, 0.15) is 32.1 Å². The molecule has 0 aromatic rings. The lowest BCUT2D eigenvalue weighted by Crippen LogP contribution is -2.50. The average molecular weight is 182 g/mol. The summed E-state index contributed by atoms with van der Waals surface area (Å²) in [5.74, 6) is 3.50. The first-order chi connectivity index (χ1) is 6.24. The minimum absolute atomic E-state index is 0.427. The maximum absolute atomic E-state index is 10.5. The fraction of sp³-hybridized carbons (Fsp3) is 0.778. The van der Waals surface area contributed by atoms with Crippen LogP contribution in [-0.4, -0.2) is 11.5 Å². The summed E-state index contributed by atoms with van der Waals surface area (Å²) in [6.07, 6.45) is 6.28. The average Bonchev–Trinajstić information content (AvgIpc) is 2.06. The third kappa shape index (κ3) is 1.45. The molecule has 0 heterocycles. The van der Waals surface area contributed by atoms with Gasteiger partial charge in [0.25, 0.3) is 0 Å². The lowest BCUT2D eigenvalue weighted by atomic mass is 9.46. The van der Waals surface area contributed by atoms with Crippen molar-refractivity contribution < 1.29 is 10.0 Å². The zero-order valence-electron chi connectivity index (χ0n) is 7.49. The van der Waals surface area contributed by atoms with E-state index < -0.39 is 5.41 Å². The second kappa shape index (κ2) is 3.44. The van der Waals surface area contributed by atoms with Crippen LogP contribution in [0.3, 0.4) is 0 Å². The molecule has 13 heavy (non-hydrogen) atoms. The van der Waals surface area contributed by atoms with Gasteiger partial charge in [0.15, 0.2) is 0 Å². The van der Waals surface area contributed by atoms with Gasteiger partial charge in [-0.1, -0.05) is 6.42 Å². The number of hydrogen-bond acceptors (Lipinski definition) is 4. The summed E-state index contributed by atoms with van der Waals surface area (Å²) in [5, 5.41) is 15.2. The minimum atomic E-state index is -0.583. The number of nitrogens with zero attached hydrogens (tertiary/aromatic N) is 1. The molecule has 0 aromatic heterocycles. The Labute approximate surface area is 77.3 Å². The smallest absolute Gasteiger partial charge is 0.140 e. The highest BCUT2D eigenvalue weighted by atomic mass is 16.4. The standard InChI is InChI=1S/C9H11NO.H3NO/c10-6-9(7-11)4-8(5-9)2-1-3-8;1-2/h7H,1-5H2;2H,1H2. The third-order valence-electron chi connectivity index (χ3n) is 3.24. The van der Waals surface area contributed by atoms with Crippen LogP contribution in [0.5, 0.6) is 0 Å². The van der Waals surface area contributed by atoms with E-state index in [1.807, 2.05) is 0 Å². The molecule has 2 rings (SSSR count). The number of nitriles is 1. The molecule has 3 N–H and O–H groups in total. The van der Waals surface area contributed by atoms with E-state index in [0.29, 0.717) is 5.41 Å². The molecule has 0 amide bonds. The topological polar surface area (TPSA) is 87.1 Å². The quantitative estimate of drug-likeness (QED) is 0.467. The van der Waals surface area contributed by atoms with Crippen LogP contribution < -0.4 is 5.90 Å². The van der Waals surface area contributed by atoms with Crippen molar-refractivity contribution in [1.29, 1.82) is 5.26 Å². The van der Waals surface area contributed by atoms with Crippen molar-refractivity contribution in [2.75, 3.05) is 0 Å². The van der Waals surface area contributed by atoms with Gasteiger partial charge in [-0.15, -0.1) is 0 Å². The predicted molar refractivity (Wildman–Crippen MR) is 45.6 cm³/mol. The molecule has 0 atom stereocenters. The lowest BCUT2D eigenvalue weighted by molar-refractivity contribution is -0.130. The molecule has 2 fully saturated rings. The Morgan fingerprint density at radius 1 is 1.38 bits per heavy atom. The first-order valence-corrected chi connectivity index (χ1v) is 4.38. The van der Waals surface area contributed by atoms with Crippen LogP contribution >= 0.6 is 0 Å². The highest BCUT2D eigenvalue weighted by Gasteiger charge is 2.57. The fourth-order valence-electron chi connectivity index (χ4n) is 2.51. The van der Waals surface area contributed by atoms with Crippen LogP contribution in [0, 0.1) is 22.2 Å². The van der Waals surface area contributed by atoms with E-state index in [1.165, 1.54) is 19.3 Å². The zero-order chi connectivity index (χ0) is 9.95.